The fraction of sp³-hybridized carbons (Fsp3) is 0.310. The lowest BCUT2D eigenvalue weighted by Gasteiger charge is -2.32. The first kappa shape index (κ1) is 28.8. The Bertz CT molecular complexity index is 1220. The Labute approximate surface area is 233 Å². The summed E-state index contributed by atoms with van der Waals surface area (Å²) in [6.07, 6.45) is 0.335. The first-order valence-electron chi connectivity index (χ1n) is 12.1. The molecule has 0 saturated heterocycles. The summed E-state index contributed by atoms with van der Waals surface area (Å²) in [5.74, 6) is 0.189. The van der Waals surface area contributed by atoms with Crippen molar-refractivity contribution in [1.29, 1.82) is 0 Å². The number of carbonyl (C=O) groups is 2. The van der Waals surface area contributed by atoms with Crippen LogP contribution in [0, 0.1) is 12.8 Å². The molecule has 0 aliphatic carbocycles. The molecule has 1 atom stereocenters. The van der Waals surface area contributed by atoms with Crippen LogP contribution in [0.1, 0.15) is 30.5 Å². The predicted molar refractivity (Wildman–Crippen MR) is 150 cm³/mol. The summed E-state index contributed by atoms with van der Waals surface area (Å²) in [5.41, 5.74) is 2.45. The summed E-state index contributed by atoms with van der Waals surface area (Å²) in [6, 6.07) is 19.1. The van der Waals surface area contributed by atoms with Gasteiger partial charge >= 0.3 is 0 Å². The van der Waals surface area contributed by atoms with E-state index in [1.165, 1.54) is 4.90 Å². The van der Waals surface area contributed by atoms with Crippen LogP contribution < -0.4 is 10.1 Å². The number of amides is 2. The van der Waals surface area contributed by atoms with Crippen molar-refractivity contribution in [3.63, 3.8) is 0 Å². The summed E-state index contributed by atoms with van der Waals surface area (Å²) in [5, 5.41) is 4.51. The second kappa shape index (κ2) is 13.7. The van der Waals surface area contributed by atoms with E-state index in [2.05, 4.69) is 5.32 Å². The van der Waals surface area contributed by atoms with Gasteiger partial charge in [0.15, 0.2) is 6.61 Å². The summed E-state index contributed by atoms with van der Waals surface area (Å²) >= 11 is 18.7. The first-order valence-corrected chi connectivity index (χ1v) is 13.2. The van der Waals surface area contributed by atoms with Crippen molar-refractivity contribution in [2.75, 3.05) is 13.2 Å². The monoisotopic (exact) mass is 560 g/mol. The molecule has 3 aromatic rings. The quantitative estimate of drug-likeness (QED) is 0.282. The van der Waals surface area contributed by atoms with Crippen LogP contribution in [0.2, 0.25) is 15.1 Å². The Morgan fingerprint density at radius 3 is 2.32 bits per heavy atom. The average Bonchev–Trinajstić information content (AvgIpc) is 2.87. The highest BCUT2D eigenvalue weighted by Crippen LogP contribution is 2.25. The van der Waals surface area contributed by atoms with E-state index < -0.39 is 6.04 Å². The zero-order chi connectivity index (χ0) is 26.9. The molecular formula is C29H31Cl3N2O3. The number of ether oxygens (including phenoxy) is 1. The third kappa shape index (κ3) is 8.67. The number of hydrogen-bond donors (Lipinski definition) is 1. The fourth-order valence-electron chi connectivity index (χ4n) is 3.74. The Morgan fingerprint density at radius 2 is 1.68 bits per heavy atom. The van der Waals surface area contributed by atoms with Gasteiger partial charge in [0.2, 0.25) is 5.91 Å². The summed E-state index contributed by atoms with van der Waals surface area (Å²) < 4.78 is 5.81. The van der Waals surface area contributed by atoms with Crippen molar-refractivity contribution in [2.24, 2.45) is 5.92 Å². The molecule has 3 rings (SSSR count). The maximum Gasteiger partial charge on any atom is 0.261 e. The smallest absolute Gasteiger partial charge is 0.261 e. The van der Waals surface area contributed by atoms with Crippen LogP contribution in [0.4, 0.5) is 0 Å². The molecule has 2 amide bonds. The van der Waals surface area contributed by atoms with Crippen LogP contribution in [0.15, 0.2) is 66.7 Å². The van der Waals surface area contributed by atoms with E-state index in [-0.39, 0.29) is 30.9 Å². The number of hydrogen-bond acceptors (Lipinski definition) is 3. The van der Waals surface area contributed by atoms with Gasteiger partial charge in [0, 0.05) is 34.6 Å². The van der Waals surface area contributed by atoms with Crippen molar-refractivity contribution < 1.29 is 14.3 Å². The molecule has 0 bridgehead atoms. The molecular weight excluding hydrogens is 531 g/mol. The molecule has 0 heterocycles. The number of nitrogens with zero attached hydrogens (tertiary/aromatic N) is 1. The molecule has 0 unspecified atom stereocenters. The topological polar surface area (TPSA) is 58.6 Å². The molecule has 0 radical (unpaired) electrons. The molecule has 1 N–H and O–H groups in total. The van der Waals surface area contributed by atoms with Crippen LogP contribution in [-0.4, -0.2) is 35.9 Å². The minimum atomic E-state index is -0.782. The van der Waals surface area contributed by atoms with Gasteiger partial charge in [-0.15, -0.1) is 0 Å². The summed E-state index contributed by atoms with van der Waals surface area (Å²) in [4.78, 5) is 28.6. The van der Waals surface area contributed by atoms with Crippen LogP contribution >= 0.6 is 34.8 Å². The Morgan fingerprint density at radius 1 is 0.946 bits per heavy atom. The highest BCUT2D eigenvalue weighted by molar-refractivity contribution is 6.35. The van der Waals surface area contributed by atoms with Gasteiger partial charge in [-0.3, -0.25) is 9.59 Å². The van der Waals surface area contributed by atoms with E-state index >= 15 is 0 Å². The number of benzene rings is 3. The lowest BCUT2D eigenvalue weighted by molar-refractivity contribution is -0.142. The molecule has 0 aliphatic heterocycles. The predicted octanol–water partition coefficient (Wildman–Crippen LogP) is 6.75. The minimum Gasteiger partial charge on any atom is -0.484 e. The lowest BCUT2D eigenvalue weighted by atomic mass is 10.0. The molecule has 37 heavy (non-hydrogen) atoms. The molecule has 0 spiro atoms. The maximum absolute atomic E-state index is 13.7. The van der Waals surface area contributed by atoms with Crippen molar-refractivity contribution in [3.8, 4) is 5.75 Å². The molecule has 0 aromatic heterocycles. The van der Waals surface area contributed by atoms with Crippen molar-refractivity contribution in [3.05, 3.63) is 98.5 Å². The van der Waals surface area contributed by atoms with E-state index in [9.17, 15) is 9.59 Å². The first-order chi connectivity index (χ1) is 17.6. The van der Waals surface area contributed by atoms with Gasteiger partial charge in [-0.05, 0) is 59.9 Å². The zero-order valence-corrected chi connectivity index (χ0v) is 23.4. The minimum absolute atomic E-state index is 0.116. The van der Waals surface area contributed by atoms with Gasteiger partial charge in [0.1, 0.15) is 11.8 Å². The van der Waals surface area contributed by atoms with E-state index in [0.717, 1.165) is 11.1 Å². The zero-order valence-electron chi connectivity index (χ0n) is 21.1. The molecule has 0 fully saturated rings. The van der Waals surface area contributed by atoms with Crippen LogP contribution in [0.25, 0.3) is 0 Å². The molecule has 0 aliphatic rings. The van der Waals surface area contributed by atoms with Gasteiger partial charge in [-0.2, -0.15) is 0 Å². The Balaban J connectivity index is 1.93. The normalized spacial score (nSPS) is 11.8. The second-order valence-corrected chi connectivity index (χ2v) is 10.6. The molecule has 0 saturated carbocycles. The van der Waals surface area contributed by atoms with E-state index in [4.69, 9.17) is 39.5 Å². The van der Waals surface area contributed by atoms with Gasteiger partial charge < -0.3 is 15.0 Å². The third-order valence-corrected chi connectivity index (χ3v) is 6.81. The molecule has 3 aromatic carbocycles. The Kier molecular flexibility index (Phi) is 10.7. The average molecular weight is 562 g/mol. The SMILES string of the molecule is Cc1cc(OCC(=O)N(Cc2ccc(Cl)cc2Cl)[C@H](Cc2ccccc2)C(=O)NCC(C)C)ccc1Cl. The highest BCUT2D eigenvalue weighted by Gasteiger charge is 2.31. The summed E-state index contributed by atoms with van der Waals surface area (Å²) in [7, 11) is 0. The maximum atomic E-state index is 13.7. The fourth-order valence-corrected chi connectivity index (χ4v) is 4.33. The van der Waals surface area contributed by atoms with Crippen molar-refractivity contribution in [2.45, 2.75) is 39.8 Å². The van der Waals surface area contributed by atoms with E-state index in [1.807, 2.05) is 51.1 Å². The molecule has 196 valence electrons. The molecule has 5 nitrogen and oxygen atoms in total. The van der Waals surface area contributed by atoms with Gasteiger partial charge in [0.05, 0.1) is 0 Å². The van der Waals surface area contributed by atoms with Gasteiger partial charge in [0.25, 0.3) is 5.91 Å². The second-order valence-electron chi connectivity index (χ2n) is 9.30. The summed E-state index contributed by atoms with van der Waals surface area (Å²) in [6.45, 7) is 6.25. The lowest BCUT2D eigenvalue weighted by Crippen LogP contribution is -2.52. The van der Waals surface area contributed by atoms with Crippen molar-refractivity contribution in [1.82, 2.24) is 10.2 Å². The van der Waals surface area contributed by atoms with Gasteiger partial charge in [-0.25, -0.2) is 0 Å². The standard InChI is InChI=1S/C29H31Cl3N2O3/c1-19(2)16-33-29(36)27(14-21-7-5-4-6-8-21)34(17-22-9-10-23(30)15-26(22)32)28(35)18-37-24-11-12-25(31)20(3)13-24/h4-13,15,19,27H,14,16-18H2,1-3H3,(H,33,36)/t27-/m1/s1. The van der Waals surface area contributed by atoms with Crippen LogP contribution in [0.5, 0.6) is 5.75 Å². The largest absolute Gasteiger partial charge is 0.484 e. The molecule has 8 heteroatoms. The number of nitrogens with one attached hydrogen (secondary N) is 1. The van der Waals surface area contributed by atoms with Crippen LogP contribution in [-0.2, 0) is 22.6 Å². The number of aryl methyl sites for hydroxylation is 1. The highest BCUT2D eigenvalue weighted by atomic mass is 35.5. The van der Waals surface area contributed by atoms with E-state index in [1.54, 1.807) is 36.4 Å². The third-order valence-electron chi connectivity index (χ3n) is 5.80. The van der Waals surface area contributed by atoms with Crippen LogP contribution in [0.3, 0.4) is 0 Å². The van der Waals surface area contributed by atoms with Crippen molar-refractivity contribution >= 4 is 46.6 Å². The van der Waals surface area contributed by atoms with Gasteiger partial charge in [-0.1, -0.05) is 85.0 Å². The Hall–Kier alpha value is -2.73. The number of carbonyl (C=O) groups excluding carboxylic acids is 2. The number of rotatable bonds is 11. The van der Waals surface area contributed by atoms with E-state index in [0.29, 0.717) is 39.3 Å². The number of halogens is 3.